The van der Waals surface area contributed by atoms with Crippen LogP contribution in [-0.4, -0.2) is 29.0 Å². The Labute approximate surface area is 89.8 Å². The summed E-state index contributed by atoms with van der Waals surface area (Å²) < 4.78 is 11.3. The van der Waals surface area contributed by atoms with Crippen LogP contribution in [0.4, 0.5) is 0 Å². The highest BCUT2D eigenvalue weighted by Gasteiger charge is 2.25. The van der Waals surface area contributed by atoms with Crippen LogP contribution in [0.2, 0.25) is 5.54 Å². The molecular formula is C10H24NO2Si. The van der Waals surface area contributed by atoms with Gasteiger partial charge in [0, 0.05) is 18.8 Å². The van der Waals surface area contributed by atoms with Crippen LogP contribution in [0.5, 0.6) is 0 Å². The molecule has 3 nitrogen and oxygen atoms in total. The average molecular weight is 218 g/mol. The minimum atomic E-state index is -1.06. The number of nitrogens with two attached hydrogens (primary N) is 1. The zero-order chi connectivity index (χ0) is 10.8. The van der Waals surface area contributed by atoms with Gasteiger partial charge in [-0.2, -0.15) is 0 Å². The molecule has 0 amide bonds. The fourth-order valence-corrected chi connectivity index (χ4v) is 3.31. The number of hydrogen-bond donors (Lipinski definition) is 1. The van der Waals surface area contributed by atoms with Crippen molar-refractivity contribution in [3.05, 3.63) is 0 Å². The summed E-state index contributed by atoms with van der Waals surface area (Å²) in [5, 5.41) is 0. The Kier molecular flexibility index (Phi) is 9.71. The maximum atomic E-state index is 5.67. The molecule has 2 N–H and O–H groups in total. The van der Waals surface area contributed by atoms with Gasteiger partial charge in [0.05, 0.1) is 0 Å². The standard InChI is InChI=1S/C10H24NO2Si/c1-4-10(8-7-9-11)14(12-5-2)13-6-3/h10H,4-9,11H2,1-3H3. The summed E-state index contributed by atoms with van der Waals surface area (Å²) in [4.78, 5) is 0. The third-order valence-electron chi connectivity index (χ3n) is 2.16. The zero-order valence-corrected chi connectivity index (χ0v) is 10.7. The predicted octanol–water partition coefficient (Wildman–Crippen LogP) is 2.07. The Balaban J connectivity index is 3.96. The van der Waals surface area contributed by atoms with E-state index in [1.54, 1.807) is 0 Å². The summed E-state index contributed by atoms with van der Waals surface area (Å²) in [6.07, 6.45) is 3.35. The molecule has 0 aliphatic heterocycles. The Hall–Kier alpha value is 0.0969. The molecule has 0 saturated carbocycles. The van der Waals surface area contributed by atoms with Gasteiger partial charge in [-0.1, -0.05) is 13.3 Å². The lowest BCUT2D eigenvalue weighted by Gasteiger charge is -2.21. The smallest absolute Gasteiger partial charge is 0.387 e. The normalized spacial score (nSPS) is 13.5. The largest absolute Gasteiger partial charge is 0.393 e. The van der Waals surface area contributed by atoms with Crippen molar-refractivity contribution >= 4 is 9.28 Å². The highest BCUT2D eigenvalue weighted by atomic mass is 28.3. The first kappa shape index (κ1) is 14.1. The lowest BCUT2D eigenvalue weighted by atomic mass is 10.2. The Morgan fingerprint density at radius 3 is 2.07 bits per heavy atom. The van der Waals surface area contributed by atoms with E-state index in [0.29, 0.717) is 5.54 Å². The lowest BCUT2D eigenvalue weighted by Crippen LogP contribution is -2.29. The van der Waals surface area contributed by atoms with Gasteiger partial charge in [0.2, 0.25) is 0 Å². The summed E-state index contributed by atoms with van der Waals surface area (Å²) in [6, 6.07) is 0. The molecule has 0 fully saturated rings. The second kappa shape index (κ2) is 9.64. The fourth-order valence-electron chi connectivity index (χ4n) is 1.41. The van der Waals surface area contributed by atoms with Crippen LogP contribution in [0.15, 0.2) is 0 Å². The van der Waals surface area contributed by atoms with Gasteiger partial charge in [0.1, 0.15) is 0 Å². The zero-order valence-electron chi connectivity index (χ0n) is 9.71. The molecule has 0 rings (SSSR count). The molecule has 1 atom stereocenters. The Morgan fingerprint density at radius 2 is 1.71 bits per heavy atom. The van der Waals surface area contributed by atoms with Crippen LogP contribution in [0.1, 0.15) is 40.0 Å². The molecule has 0 aliphatic rings. The van der Waals surface area contributed by atoms with Crippen molar-refractivity contribution in [2.45, 2.75) is 45.6 Å². The summed E-state index contributed by atoms with van der Waals surface area (Å²) in [5.41, 5.74) is 6.10. The highest BCUT2D eigenvalue weighted by molar-refractivity contribution is 6.46. The maximum Gasteiger partial charge on any atom is 0.387 e. The summed E-state index contributed by atoms with van der Waals surface area (Å²) >= 11 is 0. The van der Waals surface area contributed by atoms with Gasteiger partial charge >= 0.3 is 9.28 Å². The van der Waals surface area contributed by atoms with Crippen LogP contribution in [-0.2, 0) is 8.85 Å². The van der Waals surface area contributed by atoms with E-state index in [1.807, 2.05) is 13.8 Å². The average Bonchev–Trinajstić information content (AvgIpc) is 2.19. The first-order chi connectivity index (χ1) is 6.79. The number of rotatable bonds is 9. The van der Waals surface area contributed by atoms with E-state index in [9.17, 15) is 0 Å². The summed E-state index contributed by atoms with van der Waals surface area (Å²) in [6.45, 7) is 8.54. The molecule has 0 aliphatic carbocycles. The molecule has 4 heteroatoms. The maximum absolute atomic E-state index is 5.67. The van der Waals surface area contributed by atoms with Gasteiger partial charge in [-0.05, 0) is 33.2 Å². The highest BCUT2D eigenvalue weighted by Crippen LogP contribution is 2.22. The first-order valence-corrected chi connectivity index (χ1v) is 7.01. The van der Waals surface area contributed by atoms with Gasteiger partial charge in [-0.3, -0.25) is 0 Å². The molecule has 0 heterocycles. The van der Waals surface area contributed by atoms with Gasteiger partial charge in [0.15, 0.2) is 0 Å². The first-order valence-electron chi connectivity index (χ1n) is 5.62. The minimum absolute atomic E-state index is 0.587. The van der Waals surface area contributed by atoms with Crippen LogP contribution in [0.25, 0.3) is 0 Å². The van der Waals surface area contributed by atoms with Crippen LogP contribution in [0, 0.1) is 0 Å². The molecule has 85 valence electrons. The molecule has 1 unspecified atom stereocenters. The molecule has 0 aromatic carbocycles. The van der Waals surface area contributed by atoms with Crippen LogP contribution >= 0.6 is 0 Å². The van der Waals surface area contributed by atoms with Gasteiger partial charge in [-0.15, -0.1) is 0 Å². The van der Waals surface area contributed by atoms with Crippen molar-refractivity contribution < 1.29 is 8.85 Å². The van der Waals surface area contributed by atoms with E-state index in [2.05, 4.69) is 6.92 Å². The summed E-state index contributed by atoms with van der Waals surface area (Å²) in [7, 11) is -1.06. The van der Waals surface area contributed by atoms with E-state index in [1.165, 1.54) is 0 Å². The SMILES string of the molecule is CCO[Si](OCC)C(CC)CCCN. The third-order valence-corrected chi connectivity index (χ3v) is 4.67. The molecule has 0 aromatic heterocycles. The summed E-state index contributed by atoms with van der Waals surface area (Å²) in [5.74, 6) is 0. The molecule has 0 saturated heterocycles. The van der Waals surface area contributed by atoms with E-state index >= 15 is 0 Å². The van der Waals surface area contributed by atoms with Crippen LogP contribution < -0.4 is 5.73 Å². The second-order valence-corrected chi connectivity index (χ2v) is 5.25. The van der Waals surface area contributed by atoms with Crippen molar-refractivity contribution in [3.8, 4) is 0 Å². The molecule has 1 radical (unpaired) electrons. The van der Waals surface area contributed by atoms with Crippen molar-refractivity contribution in [1.29, 1.82) is 0 Å². The van der Waals surface area contributed by atoms with E-state index in [4.69, 9.17) is 14.6 Å². The van der Waals surface area contributed by atoms with Crippen molar-refractivity contribution in [3.63, 3.8) is 0 Å². The molecule has 0 aromatic rings. The second-order valence-electron chi connectivity index (χ2n) is 3.22. The van der Waals surface area contributed by atoms with E-state index < -0.39 is 9.28 Å². The predicted molar refractivity (Wildman–Crippen MR) is 61.3 cm³/mol. The fraction of sp³-hybridized carbons (Fsp3) is 1.00. The van der Waals surface area contributed by atoms with Gasteiger partial charge in [0.25, 0.3) is 0 Å². The molecule has 14 heavy (non-hydrogen) atoms. The third kappa shape index (κ3) is 5.75. The quantitative estimate of drug-likeness (QED) is 0.603. The Bertz CT molecular complexity index is 119. The molecule has 0 spiro atoms. The topological polar surface area (TPSA) is 44.5 Å². The van der Waals surface area contributed by atoms with Crippen LogP contribution in [0.3, 0.4) is 0 Å². The van der Waals surface area contributed by atoms with Crippen molar-refractivity contribution in [1.82, 2.24) is 0 Å². The van der Waals surface area contributed by atoms with Gasteiger partial charge in [-0.25, -0.2) is 0 Å². The van der Waals surface area contributed by atoms with Crippen molar-refractivity contribution in [2.75, 3.05) is 19.8 Å². The van der Waals surface area contributed by atoms with Crippen molar-refractivity contribution in [2.24, 2.45) is 5.73 Å². The molecule has 0 bridgehead atoms. The Morgan fingerprint density at radius 1 is 1.14 bits per heavy atom. The van der Waals surface area contributed by atoms with Gasteiger partial charge < -0.3 is 14.6 Å². The monoisotopic (exact) mass is 218 g/mol. The van der Waals surface area contributed by atoms with E-state index in [-0.39, 0.29) is 0 Å². The minimum Gasteiger partial charge on any atom is -0.393 e. The molecular weight excluding hydrogens is 194 g/mol. The number of hydrogen-bond acceptors (Lipinski definition) is 3. The van der Waals surface area contributed by atoms with E-state index in [0.717, 1.165) is 39.0 Å². The lowest BCUT2D eigenvalue weighted by molar-refractivity contribution is 0.200.